The van der Waals surface area contributed by atoms with Gasteiger partial charge in [0.05, 0.1) is 17.5 Å². The Morgan fingerprint density at radius 1 is 1.19 bits per heavy atom. The van der Waals surface area contributed by atoms with Gasteiger partial charge in [-0.15, -0.1) is 0 Å². The molecule has 2 rings (SSSR count). The van der Waals surface area contributed by atoms with Crippen LogP contribution in [0.2, 0.25) is 0 Å². The number of nitro groups is 1. The number of aryl methyl sites for hydroxylation is 1. The van der Waals surface area contributed by atoms with Crippen molar-refractivity contribution in [3.05, 3.63) is 63.6 Å². The van der Waals surface area contributed by atoms with Gasteiger partial charge in [-0.25, -0.2) is 4.99 Å². The maximum absolute atomic E-state index is 10.7. The summed E-state index contributed by atoms with van der Waals surface area (Å²) < 4.78 is 5.67. The van der Waals surface area contributed by atoms with Crippen LogP contribution < -0.4 is 10.6 Å². The zero-order valence-corrected chi connectivity index (χ0v) is 15.7. The monoisotopic (exact) mass is 358 g/mol. The molecule has 26 heavy (non-hydrogen) atoms. The fraction of sp³-hybridized carbons (Fsp3) is 0.421. The molecule has 0 radical (unpaired) electrons. The summed E-state index contributed by atoms with van der Waals surface area (Å²) in [5, 5.41) is 17.5. The third-order valence-corrected chi connectivity index (χ3v) is 4.10. The second kappa shape index (κ2) is 9.03. The van der Waals surface area contributed by atoms with E-state index in [1.807, 2.05) is 26.0 Å². The summed E-state index contributed by atoms with van der Waals surface area (Å²) >= 11 is 0. The quantitative estimate of drug-likeness (QED) is 0.336. The van der Waals surface area contributed by atoms with E-state index in [1.165, 1.54) is 12.1 Å². The number of nitro benzene ring substituents is 1. The number of furan rings is 1. The van der Waals surface area contributed by atoms with Crippen LogP contribution in [0.15, 0.2) is 45.8 Å². The number of hydrogen-bond donors (Lipinski definition) is 2. The van der Waals surface area contributed by atoms with E-state index in [0.717, 1.165) is 23.5 Å². The van der Waals surface area contributed by atoms with Crippen molar-refractivity contribution in [3.63, 3.8) is 0 Å². The summed E-state index contributed by atoms with van der Waals surface area (Å²) in [5.74, 6) is 2.39. The molecule has 1 heterocycles. The van der Waals surface area contributed by atoms with Crippen molar-refractivity contribution in [1.82, 2.24) is 10.6 Å². The Bertz CT molecular complexity index is 752. The van der Waals surface area contributed by atoms with Crippen LogP contribution in [-0.4, -0.2) is 16.9 Å². The minimum absolute atomic E-state index is 0.0316. The molecule has 7 nitrogen and oxygen atoms in total. The molecule has 2 N–H and O–H groups in total. The highest BCUT2D eigenvalue weighted by molar-refractivity contribution is 5.80. The lowest BCUT2D eigenvalue weighted by molar-refractivity contribution is -0.384. The first-order valence-electron chi connectivity index (χ1n) is 8.76. The molecule has 2 unspecified atom stereocenters. The summed E-state index contributed by atoms with van der Waals surface area (Å²) in [6.07, 6.45) is 0.965. The van der Waals surface area contributed by atoms with Gasteiger partial charge in [0.25, 0.3) is 5.69 Å². The van der Waals surface area contributed by atoms with Crippen LogP contribution >= 0.6 is 0 Å². The third-order valence-electron chi connectivity index (χ3n) is 4.10. The molecule has 0 aliphatic carbocycles. The van der Waals surface area contributed by atoms with E-state index in [2.05, 4.69) is 29.5 Å². The lowest BCUT2D eigenvalue weighted by Crippen LogP contribution is -2.43. The normalized spacial score (nSPS) is 13.9. The van der Waals surface area contributed by atoms with E-state index in [-0.39, 0.29) is 17.8 Å². The molecule has 1 aromatic carbocycles. The number of rotatable bonds is 7. The predicted octanol–water partition coefficient (Wildman–Crippen LogP) is 4.09. The maximum atomic E-state index is 10.7. The van der Waals surface area contributed by atoms with Gasteiger partial charge in [-0.1, -0.05) is 19.1 Å². The Balaban J connectivity index is 2.09. The van der Waals surface area contributed by atoms with Gasteiger partial charge in [-0.2, -0.15) is 0 Å². The molecule has 0 amide bonds. The molecule has 0 aliphatic heterocycles. The minimum atomic E-state index is -0.405. The van der Waals surface area contributed by atoms with E-state index < -0.39 is 4.92 Å². The third kappa shape index (κ3) is 5.61. The van der Waals surface area contributed by atoms with E-state index >= 15 is 0 Å². The maximum Gasteiger partial charge on any atom is 0.269 e. The standard InChI is InChI=1S/C19H26N4O3/c1-5-13(2)21-19(22-15(4)18-11-6-14(3)26-18)20-12-16-7-9-17(10-8-16)23(24)25/h6-11,13,15H,5,12H2,1-4H3,(H2,20,21,22). The Morgan fingerprint density at radius 3 is 2.42 bits per heavy atom. The number of guanidine groups is 1. The summed E-state index contributed by atoms with van der Waals surface area (Å²) in [4.78, 5) is 14.9. The Hall–Kier alpha value is -2.83. The molecule has 0 fully saturated rings. The molecule has 1 aromatic heterocycles. The Kier molecular flexibility index (Phi) is 6.77. The lowest BCUT2D eigenvalue weighted by atomic mass is 10.2. The van der Waals surface area contributed by atoms with Crippen LogP contribution in [0, 0.1) is 17.0 Å². The summed E-state index contributed by atoms with van der Waals surface area (Å²) in [5.41, 5.74) is 0.984. The van der Waals surface area contributed by atoms with Gasteiger partial charge in [0, 0.05) is 18.2 Å². The number of non-ortho nitro benzene ring substituents is 1. The molecular weight excluding hydrogens is 332 g/mol. The average molecular weight is 358 g/mol. The topological polar surface area (TPSA) is 92.7 Å². The molecule has 0 saturated carbocycles. The predicted molar refractivity (Wildman–Crippen MR) is 102 cm³/mol. The zero-order valence-electron chi connectivity index (χ0n) is 15.7. The summed E-state index contributed by atoms with van der Waals surface area (Å²) in [6, 6.07) is 10.6. The van der Waals surface area contributed by atoms with Gasteiger partial charge in [-0.3, -0.25) is 10.1 Å². The molecule has 2 atom stereocenters. The van der Waals surface area contributed by atoms with Crippen LogP contribution in [0.5, 0.6) is 0 Å². The summed E-state index contributed by atoms with van der Waals surface area (Å²) in [7, 11) is 0. The highest BCUT2D eigenvalue weighted by atomic mass is 16.6. The number of hydrogen-bond acceptors (Lipinski definition) is 4. The van der Waals surface area contributed by atoms with E-state index in [9.17, 15) is 10.1 Å². The number of benzene rings is 1. The minimum Gasteiger partial charge on any atom is -0.464 e. The van der Waals surface area contributed by atoms with Crippen molar-refractivity contribution in [2.24, 2.45) is 4.99 Å². The Morgan fingerprint density at radius 2 is 1.88 bits per heavy atom. The SMILES string of the molecule is CCC(C)NC(=NCc1ccc([N+](=O)[O-])cc1)NC(C)c1ccc(C)o1. The second-order valence-corrected chi connectivity index (χ2v) is 6.36. The van der Waals surface area contributed by atoms with Crippen LogP contribution in [0.4, 0.5) is 5.69 Å². The molecule has 0 spiro atoms. The molecular formula is C19H26N4O3. The van der Waals surface area contributed by atoms with Gasteiger partial charge in [0.15, 0.2) is 5.96 Å². The molecule has 0 saturated heterocycles. The fourth-order valence-electron chi connectivity index (χ4n) is 2.32. The van der Waals surface area contributed by atoms with Crippen molar-refractivity contribution in [2.75, 3.05) is 0 Å². The molecule has 140 valence electrons. The zero-order chi connectivity index (χ0) is 19.1. The van der Waals surface area contributed by atoms with E-state index in [4.69, 9.17) is 4.42 Å². The first-order valence-corrected chi connectivity index (χ1v) is 8.76. The molecule has 0 aliphatic rings. The van der Waals surface area contributed by atoms with Crippen molar-refractivity contribution in [3.8, 4) is 0 Å². The number of nitrogens with one attached hydrogen (secondary N) is 2. The van der Waals surface area contributed by atoms with Crippen LogP contribution in [0.1, 0.15) is 50.3 Å². The van der Waals surface area contributed by atoms with Gasteiger partial charge < -0.3 is 15.1 Å². The van der Waals surface area contributed by atoms with Crippen molar-refractivity contribution < 1.29 is 9.34 Å². The highest BCUT2D eigenvalue weighted by Gasteiger charge is 2.13. The largest absolute Gasteiger partial charge is 0.464 e. The lowest BCUT2D eigenvalue weighted by Gasteiger charge is -2.20. The van der Waals surface area contributed by atoms with Crippen molar-refractivity contribution >= 4 is 11.6 Å². The fourth-order valence-corrected chi connectivity index (χ4v) is 2.32. The van der Waals surface area contributed by atoms with E-state index in [1.54, 1.807) is 12.1 Å². The first kappa shape index (κ1) is 19.5. The van der Waals surface area contributed by atoms with Gasteiger partial charge in [0.2, 0.25) is 0 Å². The Labute approximate surface area is 153 Å². The molecule has 7 heteroatoms. The van der Waals surface area contributed by atoms with Crippen LogP contribution in [-0.2, 0) is 6.54 Å². The summed E-state index contributed by atoms with van der Waals surface area (Å²) in [6.45, 7) is 8.54. The molecule has 2 aromatic rings. The first-order chi connectivity index (χ1) is 12.4. The van der Waals surface area contributed by atoms with E-state index in [0.29, 0.717) is 12.5 Å². The van der Waals surface area contributed by atoms with Gasteiger partial charge in [0.1, 0.15) is 11.5 Å². The van der Waals surface area contributed by atoms with Crippen LogP contribution in [0.25, 0.3) is 0 Å². The second-order valence-electron chi connectivity index (χ2n) is 6.36. The smallest absolute Gasteiger partial charge is 0.269 e. The number of nitrogens with zero attached hydrogens (tertiary/aromatic N) is 2. The highest BCUT2D eigenvalue weighted by Crippen LogP contribution is 2.16. The van der Waals surface area contributed by atoms with Crippen molar-refractivity contribution in [2.45, 2.75) is 52.7 Å². The number of aliphatic imine (C=N–C) groups is 1. The van der Waals surface area contributed by atoms with Crippen LogP contribution in [0.3, 0.4) is 0 Å². The van der Waals surface area contributed by atoms with Gasteiger partial charge in [-0.05, 0) is 44.9 Å². The molecule has 0 bridgehead atoms. The average Bonchev–Trinajstić information content (AvgIpc) is 3.06. The van der Waals surface area contributed by atoms with Gasteiger partial charge >= 0.3 is 0 Å². The van der Waals surface area contributed by atoms with Crippen molar-refractivity contribution in [1.29, 1.82) is 0 Å².